The van der Waals surface area contributed by atoms with Crippen molar-refractivity contribution in [1.29, 1.82) is 0 Å². The molecule has 0 spiro atoms. The van der Waals surface area contributed by atoms with Crippen molar-refractivity contribution < 1.29 is 14.4 Å². The van der Waals surface area contributed by atoms with Gasteiger partial charge in [-0.25, -0.2) is 14.8 Å². The fraction of sp³-hybridized carbons (Fsp3) is 0.370. The van der Waals surface area contributed by atoms with E-state index in [0.29, 0.717) is 28.9 Å². The van der Waals surface area contributed by atoms with Crippen LogP contribution < -0.4 is 16.0 Å². The zero-order valence-corrected chi connectivity index (χ0v) is 22.9. The second-order valence-corrected chi connectivity index (χ2v) is 10.1. The number of rotatable bonds is 7. The van der Waals surface area contributed by atoms with Crippen molar-refractivity contribution in [1.82, 2.24) is 24.8 Å². The van der Waals surface area contributed by atoms with Gasteiger partial charge in [-0.05, 0) is 56.0 Å². The van der Waals surface area contributed by atoms with Crippen LogP contribution in [0.25, 0.3) is 0 Å². The molecule has 3 heterocycles. The molecule has 3 atom stereocenters. The Balaban J connectivity index is 1.63. The van der Waals surface area contributed by atoms with Crippen molar-refractivity contribution >= 4 is 41.2 Å². The molecule has 10 nitrogen and oxygen atoms in total. The number of amides is 4. The van der Waals surface area contributed by atoms with Gasteiger partial charge in [0.2, 0.25) is 11.9 Å². The lowest BCUT2D eigenvalue weighted by atomic mass is 9.81. The van der Waals surface area contributed by atoms with Crippen molar-refractivity contribution in [2.45, 2.75) is 45.7 Å². The minimum atomic E-state index is -1.02. The van der Waals surface area contributed by atoms with Gasteiger partial charge in [0.15, 0.2) is 0 Å². The number of likely N-dealkylation sites (N-methyl/N-ethyl adjacent to an activating group) is 1. The number of carbonyl (C=O) groups excluding carboxylic acids is 3. The predicted octanol–water partition coefficient (Wildman–Crippen LogP) is 3.56. The second kappa shape index (κ2) is 10.8. The van der Waals surface area contributed by atoms with Crippen LogP contribution in [0.4, 0.5) is 16.6 Å². The van der Waals surface area contributed by atoms with Crippen LogP contribution in [0.15, 0.2) is 42.7 Å². The lowest BCUT2D eigenvalue weighted by Gasteiger charge is -2.45. The van der Waals surface area contributed by atoms with Gasteiger partial charge in [-0.15, -0.1) is 0 Å². The Hall–Kier alpha value is -3.92. The van der Waals surface area contributed by atoms with Gasteiger partial charge >= 0.3 is 6.03 Å². The highest BCUT2D eigenvalue weighted by molar-refractivity contribution is 6.31. The summed E-state index contributed by atoms with van der Waals surface area (Å²) in [5, 5.41) is 3.43. The zero-order valence-electron chi connectivity index (χ0n) is 22.1. The number of hydrogen-bond donors (Lipinski definition) is 2. The molecular formula is C27H32ClN7O3. The van der Waals surface area contributed by atoms with Crippen molar-refractivity contribution in [3.8, 4) is 0 Å². The molecule has 0 radical (unpaired) electrons. The van der Waals surface area contributed by atoms with Crippen molar-refractivity contribution in [2.75, 3.05) is 17.7 Å². The molecule has 2 aromatic heterocycles. The maximum Gasteiger partial charge on any atom is 0.325 e. The molecule has 3 aromatic rings. The van der Waals surface area contributed by atoms with E-state index < -0.39 is 35.8 Å². The van der Waals surface area contributed by atoms with Gasteiger partial charge in [0.25, 0.3) is 5.91 Å². The standard InChI is InChI=1S/C27H32ClN7O3/c1-6-21(18-11-15(2)7-8-20(18)28)32-27(38)35-23(25(37)34(5)26-30-9-10-33(26)4)19(24(35)36)13-17-12-16(3)31-22(29)14-17/h7-12,14,19,21,23H,6,13H2,1-5H3,(H2,29,31)(H,32,38)/t19-,21-,23+/m1/s1. The van der Waals surface area contributed by atoms with Crippen LogP contribution >= 0.6 is 11.6 Å². The summed E-state index contributed by atoms with van der Waals surface area (Å²) in [7, 11) is 3.34. The summed E-state index contributed by atoms with van der Waals surface area (Å²) >= 11 is 6.42. The van der Waals surface area contributed by atoms with E-state index in [-0.39, 0.29) is 6.42 Å². The van der Waals surface area contributed by atoms with Crippen LogP contribution in [-0.4, -0.2) is 50.4 Å². The topological polar surface area (TPSA) is 126 Å². The minimum absolute atomic E-state index is 0.238. The predicted molar refractivity (Wildman–Crippen MR) is 146 cm³/mol. The van der Waals surface area contributed by atoms with Crippen LogP contribution in [0.1, 0.15) is 41.8 Å². The number of imidazole rings is 1. The average Bonchev–Trinajstić information content (AvgIpc) is 3.29. The highest BCUT2D eigenvalue weighted by Gasteiger charge is 2.55. The number of nitrogens with one attached hydrogen (secondary N) is 1. The van der Waals surface area contributed by atoms with Crippen molar-refractivity contribution in [3.63, 3.8) is 0 Å². The number of halogens is 1. The van der Waals surface area contributed by atoms with Gasteiger partial charge in [0, 0.05) is 37.2 Å². The normalized spacial score (nSPS) is 17.6. The van der Waals surface area contributed by atoms with Crippen LogP contribution in [-0.2, 0) is 23.1 Å². The molecule has 1 saturated heterocycles. The first-order valence-corrected chi connectivity index (χ1v) is 12.8. The van der Waals surface area contributed by atoms with E-state index in [9.17, 15) is 14.4 Å². The minimum Gasteiger partial charge on any atom is -0.384 e. The first kappa shape index (κ1) is 27.1. The number of carbonyl (C=O) groups is 3. The Morgan fingerprint density at radius 2 is 1.97 bits per heavy atom. The maximum atomic E-state index is 13.7. The Labute approximate surface area is 226 Å². The SMILES string of the molecule is CC[C@@H](NC(=O)N1C(=O)[C@H](Cc2cc(C)nc(N)c2)[C@H]1C(=O)N(C)c1nccn1C)c1cc(C)ccc1Cl. The number of anilines is 2. The molecular weight excluding hydrogens is 506 g/mol. The molecule has 1 aliphatic heterocycles. The third-order valence-corrected chi connectivity index (χ3v) is 7.18. The van der Waals surface area contributed by atoms with Gasteiger partial charge in [0.05, 0.1) is 12.0 Å². The number of nitrogen functional groups attached to an aromatic ring is 1. The van der Waals surface area contributed by atoms with E-state index >= 15 is 0 Å². The van der Waals surface area contributed by atoms with E-state index in [1.807, 2.05) is 32.0 Å². The smallest absolute Gasteiger partial charge is 0.325 e. The molecule has 1 aliphatic rings. The molecule has 3 N–H and O–H groups in total. The Kier molecular flexibility index (Phi) is 7.73. The summed E-state index contributed by atoms with van der Waals surface area (Å²) in [5.74, 6) is -0.878. The number of nitrogens with zero attached hydrogens (tertiary/aromatic N) is 5. The first-order chi connectivity index (χ1) is 18.0. The Bertz CT molecular complexity index is 1370. The monoisotopic (exact) mass is 537 g/mol. The van der Waals surface area contributed by atoms with Gasteiger partial charge in [-0.2, -0.15) is 0 Å². The average molecular weight is 538 g/mol. The number of benzene rings is 1. The summed E-state index contributed by atoms with van der Waals surface area (Å²) in [5.41, 5.74) is 9.13. The summed E-state index contributed by atoms with van der Waals surface area (Å²) < 4.78 is 1.69. The van der Waals surface area contributed by atoms with Gasteiger partial charge in [0.1, 0.15) is 11.9 Å². The molecule has 11 heteroatoms. The van der Waals surface area contributed by atoms with Crippen LogP contribution in [0.3, 0.4) is 0 Å². The van der Waals surface area contributed by atoms with E-state index in [4.69, 9.17) is 17.3 Å². The van der Waals surface area contributed by atoms with E-state index in [2.05, 4.69) is 15.3 Å². The molecule has 0 bridgehead atoms. The second-order valence-electron chi connectivity index (χ2n) is 9.68. The Morgan fingerprint density at radius 3 is 2.61 bits per heavy atom. The zero-order chi connectivity index (χ0) is 27.7. The lowest BCUT2D eigenvalue weighted by molar-refractivity contribution is -0.156. The van der Waals surface area contributed by atoms with Gasteiger partial charge in [-0.1, -0.05) is 36.2 Å². The molecule has 0 saturated carbocycles. The van der Waals surface area contributed by atoms with Crippen molar-refractivity contribution in [3.05, 3.63) is 70.1 Å². The molecule has 0 unspecified atom stereocenters. The first-order valence-electron chi connectivity index (χ1n) is 12.4. The lowest BCUT2D eigenvalue weighted by Crippen LogP contribution is -2.70. The van der Waals surface area contributed by atoms with Crippen LogP contribution in [0, 0.1) is 19.8 Å². The fourth-order valence-corrected chi connectivity index (χ4v) is 5.17. The van der Waals surface area contributed by atoms with Gasteiger partial charge in [-0.3, -0.25) is 19.4 Å². The largest absolute Gasteiger partial charge is 0.384 e. The van der Waals surface area contributed by atoms with Crippen LogP contribution in [0.2, 0.25) is 5.02 Å². The van der Waals surface area contributed by atoms with Gasteiger partial charge < -0.3 is 15.6 Å². The van der Waals surface area contributed by atoms with E-state index in [1.165, 1.54) is 4.90 Å². The van der Waals surface area contributed by atoms with Crippen molar-refractivity contribution in [2.24, 2.45) is 13.0 Å². The Morgan fingerprint density at radius 1 is 1.24 bits per heavy atom. The number of aromatic nitrogens is 3. The number of pyridine rings is 1. The molecule has 4 rings (SSSR count). The third kappa shape index (κ3) is 5.22. The maximum absolute atomic E-state index is 13.7. The molecule has 200 valence electrons. The number of β-lactam (4-membered cyclic amide) rings is 1. The molecule has 0 aliphatic carbocycles. The van der Waals surface area contributed by atoms with Crippen LogP contribution in [0.5, 0.6) is 0 Å². The highest BCUT2D eigenvalue weighted by Crippen LogP contribution is 2.34. The van der Waals surface area contributed by atoms with E-state index in [1.54, 1.807) is 50.1 Å². The number of hydrogen-bond acceptors (Lipinski definition) is 6. The number of likely N-dealkylation sites (tertiary alicyclic amines) is 1. The quantitative estimate of drug-likeness (QED) is 0.444. The molecule has 1 aromatic carbocycles. The fourth-order valence-electron chi connectivity index (χ4n) is 4.92. The number of imide groups is 1. The summed E-state index contributed by atoms with van der Waals surface area (Å²) in [4.78, 5) is 51.4. The van der Waals surface area contributed by atoms with E-state index in [0.717, 1.165) is 21.6 Å². The number of aryl methyl sites for hydroxylation is 3. The summed E-state index contributed by atoms with van der Waals surface area (Å²) in [6, 6.07) is 6.97. The summed E-state index contributed by atoms with van der Waals surface area (Å²) in [6.45, 7) is 5.66. The molecule has 4 amide bonds. The number of nitrogens with two attached hydrogens (primary N) is 1. The molecule has 1 fully saturated rings. The third-order valence-electron chi connectivity index (χ3n) is 6.83. The molecule has 38 heavy (non-hydrogen) atoms. The summed E-state index contributed by atoms with van der Waals surface area (Å²) in [6.07, 6.45) is 4.07. The highest BCUT2D eigenvalue weighted by atomic mass is 35.5. The number of urea groups is 1.